The summed E-state index contributed by atoms with van der Waals surface area (Å²) in [6.45, 7) is -0.882. The number of fused-ring (bicyclic) bond motifs is 1. The summed E-state index contributed by atoms with van der Waals surface area (Å²) in [7, 11) is 2.65. The first-order chi connectivity index (χ1) is 12.3. The second-order valence-electron chi connectivity index (χ2n) is 6.19. The van der Waals surface area contributed by atoms with E-state index in [9.17, 15) is 29.7 Å². The number of imide groups is 1. The Morgan fingerprint density at radius 3 is 2.23 bits per heavy atom. The standard InChI is InChI=1S/C16H18N2O8/c1-25-7-3-6(4-8(26-2)12(7)20)11-9-10(14(22)17-13(9)21)16(5-19,18-11)15(23)24/h3-4,9-11,18-20H,5H2,1-2H3,(H,23,24)(H,17,21,22). The summed E-state index contributed by atoms with van der Waals surface area (Å²) in [6.07, 6.45) is 0. The van der Waals surface area contributed by atoms with Crippen LogP contribution in [0.3, 0.4) is 0 Å². The highest BCUT2D eigenvalue weighted by atomic mass is 16.5. The van der Waals surface area contributed by atoms with Gasteiger partial charge in [0.05, 0.1) is 32.7 Å². The van der Waals surface area contributed by atoms with Gasteiger partial charge in [0.15, 0.2) is 17.0 Å². The summed E-state index contributed by atoms with van der Waals surface area (Å²) in [4.78, 5) is 36.3. The Morgan fingerprint density at radius 2 is 1.77 bits per heavy atom. The topological polar surface area (TPSA) is 154 Å². The van der Waals surface area contributed by atoms with Gasteiger partial charge >= 0.3 is 5.97 Å². The monoisotopic (exact) mass is 366 g/mol. The molecule has 0 aromatic heterocycles. The molecule has 0 saturated carbocycles. The molecule has 0 bridgehead atoms. The van der Waals surface area contributed by atoms with Gasteiger partial charge in [-0.3, -0.25) is 25.0 Å². The molecule has 140 valence electrons. The Morgan fingerprint density at radius 1 is 1.19 bits per heavy atom. The minimum atomic E-state index is -2.01. The lowest BCUT2D eigenvalue weighted by Crippen LogP contribution is -2.58. The van der Waals surface area contributed by atoms with Crippen LogP contribution < -0.4 is 20.1 Å². The summed E-state index contributed by atoms with van der Waals surface area (Å²) >= 11 is 0. The number of phenolic OH excluding ortho intramolecular Hbond substituents is 1. The van der Waals surface area contributed by atoms with Gasteiger partial charge in [0.2, 0.25) is 17.6 Å². The average molecular weight is 366 g/mol. The number of aliphatic carboxylic acids is 1. The highest BCUT2D eigenvalue weighted by Crippen LogP contribution is 2.48. The van der Waals surface area contributed by atoms with E-state index in [2.05, 4.69) is 10.6 Å². The summed E-state index contributed by atoms with van der Waals surface area (Å²) in [6, 6.07) is 1.91. The third kappa shape index (κ3) is 2.30. The van der Waals surface area contributed by atoms with Crippen LogP contribution in [-0.2, 0) is 14.4 Å². The Balaban J connectivity index is 2.15. The zero-order valence-electron chi connectivity index (χ0n) is 14.0. The smallest absolute Gasteiger partial charge is 0.327 e. The highest BCUT2D eigenvalue weighted by molar-refractivity contribution is 6.09. The molecular weight excluding hydrogens is 348 g/mol. The number of aliphatic hydroxyl groups is 1. The van der Waals surface area contributed by atoms with Gasteiger partial charge in [-0.25, -0.2) is 0 Å². The minimum Gasteiger partial charge on any atom is -0.502 e. The van der Waals surface area contributed by atoms with E-state index in [0.717, 1.165) is 0 Å². The fourth-order valence-corrected chi connectivity index (χ4v) is 3.72. The molecule has 10 nitrogen and oxygen atoms in total. The van der Waals surface area contributed by atoms with Gasteiger partial charge < -0.3 is 24.8 Å². The molecule has 3 rings (SSSR count). The van der Waals surface area contributed by atoms with Crippen LogP contribution in [0.1, 0.15) is 11.6 Å². The quantitative estimate of drug-likeness (QED) is 0.402. The van der Waals surface area contributed by atoms with E-state index in [1.807, 2.05) is 0 Å². The van der Waals surface area contributed by atoms with Gasteiger partial charge in [-0.05, 0) is 17.7 Å². The highest BCUT2D eigenvalue weighted by Gasteiger charge is 2.66. The number of carbonyl (C=O) groups excluding carboxylic acids is 2. The lowest BCUT2D eigenvalue weighted by Gasteiger charge is -2.27. The fraction of sp³-hybridized carbons (Fsp3) is 0.438. The van der Waals surface area contributed by atoms with E-state index < -0.39 is 47.8 Å². The van der Waals surface area contributed by atoms with Crippen molar-refractivity contribution < 1.29 is 39.2 Å². The number of amides is 2. The number of hydrogen-bond donors (Lipinski definition) is 5. The van der Waals surface area contributed by atoms with E-state index in [0.29, 0.717) is 5.56 Å². The van der Waals surface area contributed by atoms with Crippen LogP contribution in [0.25, 0.3) is 0 Å². The molecule has 0 spiro atoms. The third-order valence-corrected chi connectivity index (χ3v) is 4.99. The number of aliphatic hydroxyl groups excluding tert-OH is 1. The van der Waals surface area contributed by atoms with Crippen molar-refractivity contribution >= 4 is 17.8 Å². The molecule has 5 N–H and O–H groups in total. The first-order valence-electron chi connectivity index (χ1n) is 7.72. The number of phenols is 1. The van der Waals surface area contributed by atoms with E-state index >= 15 is 0 Å². The minimum absolute atomic E-state index is 0.0549. The summed E-state index contributed by atoms with van der Waals surface area (Å²) in [5, 5.41) is 34.2. The number of benzene rings is 1. The maximum Gasteiger partial charge on any atom is 0.327 e. The lowest BCUT2D eigenvalue weighted by atomic mass is 9.79. The number of rotatable bonds is 5. The number of carboxylic acid groups (broad SMARTS) is 1. The van der Waals surface area contributed by atoms with E-state index in [4.69, 9.17) is 9.47 Å². The summed E-state index contributed by atoms with van der Waals surface area (Å²) in [5.41, 5.74) is -1.64. The van der Waals surface area contributed by atoms with Crippen LogP contribution in [0.5, 0.6) is 17.2 Å². The molecule has 4 unspecified atom stereocenters. The van der Waals surface area contributed by atoms with Crippen molar-refractivity contribution in [1.29, 1.82) is 0 Å². The van der Waals surface area contributed by atoms with Gasteiger partial charge in [-0.2, -0.15) is 0 Å². The summed E-state index contributed by atoms with van der Waals surface area (Å²) < 4.78 is 10.2. The molecule has 2 saturated heterocycles. The fourth-order valence-electron chi connectivity index (χ4n) is 3.72. The Labute approximate surface area is 147 Å². The maximum atomic E-state index is 12.3. The zero-order chi connectivity index (χ0) is 19.2. The van der Waals surface area contributed by atoms with Crippen LogP contribution in [0.15, 0.2) is 12.1 Å². The van der Waals surface area contributed by atoms with Crippen molar-refractivity contribution in [3.05, 3.63) is 17.7 Å². The van der Waals surface area contributed by atoms with E-state index in [-0.39, 0.29) is 17.2 Å². The number of ether oxygens (including phenoxy) is 2. The average Bonchev–Trinajstić information content (AvgIpc) is 3.12. The van der Waals surface area contributed by atoms with Gasteiger partial charge in [-0.15, -0.1) is 0 Å². The molecular formula is C16H18N2O8. The molecule has 2 heterocycles. The van der Waals surface area contributed by atoms with Crippen molar-refractivity contribution in [3.63, 3.8) is 0 Å². The Bertz CT molecular complexity index is 769. The lowest BCUT2D eigenvalue weighted by molar-refractivity contribution is -0.151. The van der Waals surface area contributed by atoms with Crippen molar-refractivity contribution in [1.82, 2.24) is 10.6 Å². The van der Waals surface area contributed by atoms with E-state index in [1.165, 1.54) is 26.4 Å². The summed E-state index contributed by atoms with van der Waals surface area (Å²) in [5.74, 6) is -5.33. The van der Waals surface area contributed by atoms with Gasteiger partial charge in [0.25, 0.3) is 0 Å². The molecule has 2 amide bonds. The molecule has 0 radical (unpaired) electrons. The van der Waals surface area contributed by atoms with Crippen LogP contribution in [0.4, 0.5) is 0 Å². The van der Waals surface area contributed by atoms with E-state index in [1.54, 1.807) is 0 Å². The van der Waals surface area contributed by atoms with Crippen molar-refractivity contribution in [3.8, 4) is 17.2 Å². The van der Waals surface area contributed by atoms with Crippen LogP contribution >= 0.6 is 0 Å². The molecule has 1 aromatic carbocycles. The molecule has 0 aliphatic carbocycles. The van der Waals surface area contributed by atoms with Crippen LogP contribution in [-0.4, -0.2) is 59.5 Å². The molecule has 1 aromatic rings. The number of carboxylic acids is 1. The Kier molecular flexibility index (Phi) is 4.24. The molecule has 10 heteroatoms. The van der Waals surface area contributed by atoms with Crippen LogP contribution in [0, 0.1) is 11.8 Å². The molecule has 2 aliphatic heterocycles. The van der Waals surface area contributed by atoms with Gasteiger partial charge in [0, 0.05) is 6.04 Å². The number of hydrogen-bond acceptors (Lipinski definition) is 8. The molecule has 2 fully saturated rings. The first-order valence-corrected chi connectivity index (χ1v) is 7.72. The number of aromatic hydroxyl groups is 1. The second-order valence-corrected chi connectivity index (χ2v) is 6.19. The van der Waals surface area contributed by atoms with Crippen molar-refractivity contribution in [2.24, 2.45) is 11.8 Å². The number of carbonyl (C=O) groups is 3. The van der Waals surface area contributed by atoms with Crippen LogP contribution in [0.2, 0.25) is 0 Å². The SMILES string of the molecule is COc1cc(C2NC(CO)(C(=O)O)C3C(=O)NC(=O)C23)cc(OC)c1O. The van der Waals surface area contributed by atoms with Crippen molar-refractivity contribution in [2.45, 2.75) is 11.6 Å². The molecule has 26 heavy (non-hydrogen) atoms. The predicted octanol–water partition coefficient (Wildman–Crippen LogP) is -1.24. The van der Waals surface area contributed by atoms with Gasteiger partial charge in [0.1, 0.15) is 0 Å². The number of nitrogens with one attached hydrogen (secondary N) is 2. The van der Waals surface area contributed by atoms with Crippen molar-refractivity contribution in [2.75, 3.05) is 20.8 Å². The molecule has 2 aliphatic rings. The second kappa shape index (κ2) is 6.15. The van der Waals surface area contributed by atoms with Gasteiger partial charge in [-0.1, -0.05) is 0 Å². The zero-order valence-corrected chi connectivity index (χ0v) is 14.0. The first kappa shape index (κ1) is 18.0. The third-order valence-electron chi connectivity index (χ3n) is 4.99. The predicted molar refractivity (Wildman–Crippen MR) is 84.7 cm³/mol. The normalized spacial score (nSPS) is 30.0. The molecule has 4 atom stereocenters. The largest absolute Gasteiger partial charge is 0.502 e. The number of methoxy groups -OCH3 is 2. The maximum absolute atomic E-state index is 12.3. The Hall–Kier alpha value is -2.85.